The monoisotopic (exact) mass is 464 g/mol. The molecule has 1 aliphatic heterocycles. The van der Waals surface area contributed by atoms with E-state index in [2.05, 4.69) is 10.3 Å². The van der Waals surface area contributed by atoms with Gasteiger partial charge in [0.05, 0.1) is 10.9 Å². The minimum absolute atomic E-state index is 0.122. The van der Waals surface area contributed by atoms with E-state index in [1.807, 2.05) is 6.07 Å². The van der Waals surface area contributed by atoms with Crippen molar-refractivity contribution in [3.8, 4) is 5.69 Å². The fraction of sp³-hybridized carbons (Fsp3) is 0.160. The molecule has 2 aromatic carbocycles. The number of amides is 1. The Morgan fingerprint density at radius 2 is 1.59 bits per heavy atom. The highest BCUT2D eigenvalue weighted by Crippen LogP contribution is 2.37. The molecule has 34 heavy (non-hydrogen) atoms. The molecular formula is C25H19F3N4O2. The van der Waals surface area contributed by atoms with Crippen molar-refractivity contribution in [1.82, 2.24) is 9.55 Å². The molecule has 9 heteroatoms. The van der Waals surface area contributed by atoms with Gasteiger partial charge < -0.3 is 5.32 Å². The van der Waals surface area contributed by atoms with E-state index in [-0.39, 0.29) is 36.2 Å². The zero-order valence-corrected chi connectivity index (χ0v) is 17.8. The smallest absolute Gasteiger partial charge is 0.341 e. The molecule has 172 valence electrons. The van der Waals surface area contributed by atoms with Crippen molar-refractivity contribution in [1.29, 1.82) is 0 Å². The second-order valence-corrected chi connectivity index (χ2v) is 7.93. The normalized spacial score (nSPS) is 14.1. The number of halogens is 3. The average Bonchev–Trinajstić information content (AvgIpc) is 3.25. The lowest BCUT2D eigenvalue weighted by Gasteiger charge is -2.22. The molecule has 0 atom stereocenters. The Bertz CT molecular complexity index is 1430. The van der Waals surface area contributed by atoms with Crippen LogP contribution in [0.2, 0.25) is 0 Å². The number of fused-ring (bicyclic) bond motifs is 1. The highest BCUT2D eigenvalue weighted by molar-refractivity contribution is 5.96. The van der Waals surface area contributed by atoms with E-state index in [1.165, 1.54) is 9.47 Å². The number of carbonyl (C=O) groups excluding carboxylic acids is 1. The second-order valence-electron chi connectivity index (χ2n) is 7.93. The number of benzene rings is 2. The van der Waals surface area contributed by atoms with Gasteiger partial charge in [-0.2, -0.15) is 13.2 Å². The van der Waals surface area contributed by atoms with Crippen LogP contribution in [0.5, 0.6) is 0 Å². The van der Waals surface area contributed by atoms with Gasteiger partial charge in [-0.05, 0) is 36.8 Å². The summed E-state index contributed by atoms with van der Waals surface area (Å²) >= 11 is 0. The summed E-state index contributed by atoms with van der Waals surface area (Å²) in [5.41, 5.74) is -0.959. The topological polar surface area (TPSA) is 67.2 Å². The molecule has 0 unspecified atom stereocenters. The van der Waals surface area contributed by atoms with E-state index in [0.717, 1.165) is 12.1 Å². The predicted octanol–water partition coefficient (Wildman–Crippen LogP) is 5.27. The molecule has 2 aromatic heterocycles. The maximum absolute atomic E-state index is 14.1. The number of nitrogens with one attached hydrogen (secondary N) is 1. The van der Waals surface area contributed by atoms with Crippen molar-refractivity contribution >= 4 is 34.3 Å². The van der Waals surface area contributed by atoms with Crippen molar-refractivity contribution in [2.75, 3.05) is 16.8 Å². The van der Waals surface area contributed by atoms with Crippen molar-refractivity contribution in [3.05, 3.63) is 88.6 Å². The molecule has 0 spiro atoms. The van der Waals surface area contributed by atoms with Gasteiger partial charge >= 0.3 is 6.18 Å². The minimum Gasteiger partial charge on any atom is -0.341 e. The first-order chi connectivity index (χ1) is 16.3. The van der Waals surface area contributed by atoms with Gasteiger partial charge in [0, 0.05) is 30.4 Å². The Morgan fingerprint density at radius 3 is 2.21 bits per heavy atom. The van der Waals surface area contributed by atoms with Gasteiger partial charge in [0.25, 0.3) is 0 Å². The van der Waals surface area contributed by atoms with Gasteiger partial charge in [-0.1, -0.05) is 36.4 Å². The second kappa shape index (κ2) is 8.33. The molecule has 0 saturated carbocycles. The molecule has 6 nitrogen and oxygen atoms in total. The van der Waals surface area contributed by atoms with Crippen LogP contribution in [-0.4, -0.2) is 22.0 Å². The number of hydrogen-bond acceptors (Lipinski definition) is 4. The number of para-hydroxylation sites is 2. The number of anilines is 3. The SMILES string of the molecule is O=C1CCCN1c1cc(C(F)(F)F)c2c(=O)cc(Nc3ccccc3)n(-c3ccccc3)c2n1. The molecule has 1 aliphatic rings. The van der Waals surface area contributed by atoms with Crippen molar-refractivity contribution in [2.45, 2.75) is 19.0 Å². The minimum atomic E-state index is -4.82. The van der Waals surface area contributed by atoms with Crippen LogP contribution in [0.15, 0.2) is 77.6 Å². The number of alkyl halides is 3. The molecule has 0 aliphatic carbocycles. The number of aromatic nitrogens is 2. The summed E-state index contributed by atoms with van der Waals surface area (Å²) < 4.78 is 43.9. The van der Waals surface area contributed by atoms with Gasteiger partial charge in [-0.15, -0.1) is 0 Å². The lowest BCUT2D eigenvalue weighted by atomic mass is 10.1. The van der Waals surface area contributed by atoms with Crippen LogP contribution < -0.4 is 15.6 Å². The van der Waals surface area contributed by atoms with Crippen LogP contribution in [0.1, 0.15) is 18.4 Å². The molecule has 3 heterocycles. The Balaban J connectivity index is 1.87. The van der Waals surface area contributed by atoms with Crippen molar-refractivity contribution in [2.24, 2.45) is 0 Å². The molecule has 1 amide bonds. The maximum Gasteiger partial charge on any atom is 0.417 e. The predicted molar refractivity (Wildman–Crippen MR) is 124 cm³/mol. The van der Waals surface area contributed by atoms with E-state index in [9.17, 15) is 22.8 Å². The van der Waals surface area contributed by atoms with Crippen molar-refractivity contribution < 1.29 is 18.0 Å². The molecular weight excluding hydrogens is 445 g/mol. The van der Waals surface area contributed by atoms with Crippen LogP contribution in [0.3, 0.4) is 0 Å². The van der Waals surface area contributed by atoms with Gasteiger partial charge in [0.2, 0.25) is 5.91 Å². The van der Waals surface area contributed by atoms with Crippen LogP contribution in [0.25, 0.3) is 16.7 Å². The van der Waals surface area contributed by atoms with E-state index in [4.69, 9.17) is 0 Å². The number of rotatable bonds is 4. The largest absolute Gasteiger partial charge is 0.417 e. The van der Waals surface area contributed by atoms with Crippen LogP contribution in [0, 0.1) is 0 Å². The van der Waals surface area contributed by atoms with Crippen LogP contribution >= 0.6 is 0 Å². The maximum atomic E-state index is 14.1. The molecule has 1 fully saturated rings. The molecule has 1 N–H and O–H groups in total. The summed E-state index contributed by atoms with van der Waals surface area (Å²) in [5, 5.41) is 2.57. The van der Waals surface area contributed by atoms with Crippen molar-refractivity contribution in [3.63, 3.8) is 0 Å². The Kier molecular flexibility index (Phi) is 5.31. The first-order valence-corrected chi connectivity index (χ1v) is 10.7. The van der Waals surface area contributed by atoms with Gasteiger partial charge in [0.1, 0.15) is 11.6 Å². The Labute approximate surface area is 192 Å². The third-order valence-corrected chi connectivity index (χ3v) is 5.67. The number of nitrogens with zero attached hydrogens (tertiary/aromatic N) is 3. The van der Waals surface area contributed by atoms with E-state index in [0.29, 0.717) is 17.8 Å². The third-order valence-electron chi connectivity index (χ3n) is 5.67. The van der Waals surface area contributed by atoms with Gasteiger partial charge in [0.15, 0.2) is 11.1 Å². The highest BCUT2D eigenvalue weighted by Gasteiger charge is 2.37. The molecule has 0 bridgehead atoms. The lowest BCUT2D eigenvalue weighted by Crippen LogP contribution is -2.27. The summed E-state index contributed by atoms with van der Waals surface area (Å²) in [7, 11) is 0. The first kappa shape index (κ1) is 21.7. The van der Waals surface area contributed by atoms with E-state index < -0.39 is 22.6 Å². The third kappa shape index (κ3) is 3.89. The van der Waals surface area contributed by atoms with Gasteiger partial charge in [-0.3, -0.25) is 19.1 Å². The standard InChI is InChI=1S/C25H19F3N4O2/c26-25(27,28)18-14-20(31-13-7-12-22(31)34)30-24-23(18)19(33)15-21(29-16-8-3-1-4-9-16)32(24)17-10-5-2-6-11-17/h1-6,8-11,14-15,29H,7,12-13H2. The zero-order valence-electron chi connectivity index (χ0n) is 17.8. The summed E-state index contributed by atoms with van der Waals surface area (Å²) in [4.78, 5) is 31.1. The lowest BCUT2D eigenvalue weighted by molar-refractivity contribution is -0.136. The number of carbonyl (C=O) groups is 1. The number of hydrogen-bond donors (Lipinski definition) is 1. The zero-order chi connectivity index (χ0) is 23.9. The average molecular weight is 464 g/mol. The van der Waals surface area contributed by atoms with E-state index >= 15 is 0 Å². The fourth-order valence-electron chi connectivity index (χ4n) is 4.15. The molecule has 5 rings (SSSR count). The molecule has 1 saturated heterocycles. The highest BCUT2D eigenvalue weighted by atomic mass is 19.4. The van der Waals surface area contributed by atoms with E-state index in [1.54, 1.807) is 54.6 Å². The quantitative estimate of drug-likeness (QED) is 0.447. The van der Waals surface area contributed by atoms with Crippen LogP contribution in [0.4, 0.5) is 30.5 Å². The summed E-state index contributed by atoms with van der Waals surface area (Å²) in [6.07, 6.45) is -4.05. The summed E-state index contributed by atoms with van der Waals surface area (Å²) in [6, 6.07) is 19.6. The van der Waals surface area contributed by atoms with Gasteiger partial charge in [-0.25, -0.2) is 4.98 Å². The Morgan fingerprint density at radius 1 is 0.912 bits per heavy atom. The first-order valence-electron chi connectivity index (χ1n) is 10.7. The molecule has 0 radical (unpaired) electrons. The number of pyridine rings is 2. The Hall–Kier alpha value is -4.14. The fourth-order valence-corrected chi connectivity index (χ4v) is 4.15. The molecule has 4 aromatic rings. The summed E-state index contributed by atoms with van der Waals surface area (Å²) in [6.45, 7) is 0.270. The van der Waals surface area contributed by atoms with Crippen LogP contribution in [-0.2, 0) is 11.0 Å². The summed E-state index contributed by atoms with van der Waals surface area (Å²) in [5.74, 6) is -0.171.